The van der Waals surface area contributed by atoms with E-state index in [4.69, 9.17) is 10.00 Å². The Morgan fingerprint density at radius 3 is 3.16 bits per heavy atom. The summed E-state index contributed by atoms with van der Waals surface area (Å²) in [7, 11) is 0. The van der Waals surface area contributed by atoms with E-state index >= 15 is 0 Å². The highest BCUT2D eigenvalue weighted by atomic mass is 32.2. The van der Waals surface area contributed by atoms with Gasteiger partial charge in [0.15, 0.2) is 0 Å². The molecule has 3 rings (SSSR count). The quantitative estimate of drug-likeness (QED) is 0.898. The Bertz CT molecular complexity index is 476. The van der Waals surface area contributed by atoms with Crippen LogP contribution >= 0.6 is 11.8 Å². The summed E-state index contributed by atoms with van der Waals surface area (Å²) in [6.07, 6.45) is 4.86. The number of hydrogen-bond acceptors (Lipinski definition) is 5. The van der Waals surface area contributed by atoms with Gasteiger partial charge in [-0.15, -0.1) is 0 Å². The van der Waals surface area contributed by atoms with Crippen molar-refractivity contribution in [2.75, 3.05) is 23.4 Å². The van der Waals surface area contributed by atoms with Gasteiger partial charge in [-0.2, -0.15) is 17.0 Å². The van der Waals surface area contributed by atoms with Gasteiger partial charge in [-0.3, -0.25) is 0 Å². The van der Waals surface area contributed by atoms with E-state index in [9.17, 15) is 0 Å². The van der Waals surface area contributed by atoms with Gasteiger partial charge in [0, 0.05) is 24.6 Å². The van der Waals surface area contributed by atoms with E-state index in [1.807, 2.05) is 17.8 Å². The molecule has 0 saturated carbocycles. The third-order valence-electron chi connectivity index (χ3n) is 3.80. The molecule has 1 aromatic rings. The van der Waals surface area contributed by atoms with Crippen molar-refractivity contribution in [2.24, 2.45) is 0 Å². The van der Waals surface area contributed by atoms with E-state index in [0.29, 0.717) is 11.6 Å². The van der Waals surface area contributed by atoms with Crippen molar-refractivity contribution in [3.8, 4) is 6.07 Å². The molecule has 0 bridgehead atoms. The molecular formula is C14H17N3OS. The van der Waals surface area contributed by atoms with Gasteiger partial charge in [0.2, 0.25) is 0 Å². The predicted molar refractivity (Wildman–Crippen MR) is 76.2 cm³/mol. The first-order chi connectivity index (χ1) is 9.30. The number of ether oxygens (including phenoxy) is 1. The minimum Gasteiger partial charge on any atom is -0.374 e. The van der Waals surface area contributed by atoms with Crippen LogP contribution in [0.1, 0.15) is 24.8 Å². The van der Waals surface area contributed by atoms with Crippen LogP contribution in [0.3, 0.4) is 0 Å². The largest absolute Gasteiger partial charge is 0.374 e. The molecule has 2 atom stereocenters. The number of thioether (sulfide) groups is 1. The number of rotatable bonds is 2. The Labute approximate surface area is 117 Å². The molecule has 1 N–H and O–H groups in total. The third-order valence-corrected chi connectivity index (χ3v) is 5.03. The van der Waals surface area contributed by atoms with Gasteiger partial charge in [-0.05, 0) is 37.1 Å². The van der Waals surface area contributed by atoms with Crippen LogP contribution in [0.2, 0.25) is 0 Å². The van der Waals surface area contributed by atoms with Crippen molar-refractivity contribution in [1.82, 2.24) is 4.98 Å². The molecule has 19 heavy (non-hydrogen) atoms. The maximum atomic E-state index is 8.76. The standard InChI is InChI=1S/C14H17N3OS/c15-8-11-1-2-13(16-9-11)17-12-3-5-18-14(7-12)4-6-19-10-14/h1-2,9,12H,3-7,10H2,(H,16,17)/t12-,14-/m0/s1. The molecule has 100 valence electrons. The maximum Gasteiger partial charge on any atom is 0.126 e. The first-order valence-electron chi connectivity index (χ1n) is 6.64. The summed E-state index contributed by atoms with van der Waals surface area (Å²) in [4.78, 5) is 4.28. The number of hydrogen-bond donors (Lipinski definition) is 1. The van der Waals surface area contributed by atoms with E-state index in [-0.39, 0.29) is 5.60 Å². The number of nitriles is 1. The van der Waals surface area contributed by atoms with Crippen molar-refractivity contribution in [1.29, 1.82) is 5.26 Å². The highest BCUT2D eigenvalue weighted by Crippen LogP contribution is 2.38. The monoisotopic (exact) mass is 275 g/mol. The minimum atomic E-state index is 0.0905. The van der Waals surface area contributed by atoms with Crippen LogP contribution in [0.4, 0.5) is 5.82 Å². The number of pyridine rings is 1. The molecule has 3 heterocycles. The summed E-state index contributed by atoms with van der Waals surface area (Å²) in [5.74, 6) is 3.18. The number of nitrogens with one attached hydrogen (secondary N) is 1. The molecule has 1 aromatic heterocycles. The van der Waals surface area contributed by atoms with E-state index in [2.05, 4.69) is 16.4 Å². The van der Waals surface area contributed by atoms with Crippen LogP contribution in [0.5, 0.6) is 0 Å². The molecule has 0 unspecified atom stereocenters. The Hall–Kier alpha value is -1.25. The number of nitrogens with zero attached hydrogens (tertiary/aromatic N) is 2. The fraction of sp³-hybridized carbons (Fsp3) is 0.571. The van der Waals surface area contributed by atoms with Crippen LogP contribution in [0.15, 0.2) is 18.3 Å². The molecule has 0 aliphatic carbocycles. The predicted octanol–water partition coefficient (Wildman–Crippen LogP) is 2.42. The second-order valence-corrected chi connectivity index (χ2v) is 6.32. The Morgan fingerprint density at radius 2 is 2.47 bits per heavy atom. The molecule has 4 nitrogen and oxygen atoms in total. The SMILES string of the molecule is N#Cc1ccc(N[C@H]2CCO[C@@]3(CCSC3)C2)nc1. The molecule has 0 radical (unpaired) electrons. The molecule has 0 amide bonds. The smallest absolute Gasteiger partial charge is 0.126 e. The van der Waals surface area contributed by atoms with Gasteiger partial charge in [-0.1, -0.05) is 0 Å². The third kappa shape index (κ3) is 2.85. The second-order valence-electron chi connectivity index (χ2n) is 5.21. The number of anilines is 1. The average molecular weight is 275 g/mol. The molecule has 1 spiro atoms. The van der Waals surface area contributed by atoms with Crippen LogP contribution in [-0.2, 0) is 4.74 Å². The molecule has 2 saturated heterocycles. The molecule has 2 fully saturated rings. The number of aromatic nitrogens is 1. The lowest BCUT2D eigenvalue weighted by atomic mass is 9.90. The zero-order valence-electron chi connectivity index (χ0n) is 10.8. The van der Waals surface area contributed by atoms with Gasteiger partial charge in [0.25, 0.3) is 0 Å². The summed E-state index contributed by atoms with van der Waals surface area (Å²) < 4.78 is 6.01. The first kappa shape index (κ1) is 12.8. The van der Waals surface area contributed by atoms with Crippen LogP contribution in [-0.4, -0.2) is 34.7 Å². The summed E-state index contributed by atoms with van der Waals surface area (Å²) in [6, 6.07) is 6.19. The Balaban J connectivity index is 1.64. The Kier molecular flexibility index (Phi) is 3.63. The molecular weight excluding hydrogens is 258 g/mol. The average Bonchev–Trinajstić information content (AvgIpc) is 2.88. The summed E-state index contributed by atoms with van der Waals surface area (Å²) in [6.45, 7) is 0.828. The first-order valence-corrected chi connectivity index (χ1v) is 7.80. The van der Waals surface area contributed by atoms with E-state index < -0.39 is 0 Å². The lowest BCUT2D eigenvalue weighted by molar-refractivity contribution is -0.0628. The highest BCUT2D eigenvalue weighted by Gasteiger charge is 2.40. The van der Waals surface area contributed by atoms with E-state index in [1.165, 1.54) is 5.75 Å². The van der Waals surface area contributed by atoms with Crippen molar-refractivity contribution >= 4 is 17.6 Å². The van der Waals surface area contributed by atoms with Crippen molar-refractivity contribution in [3.63, 3.8) is 0 Å². The molecule has 5 heteroatoms. The topological polar surface area (TPSA) is 57.9 Å². The van der Waals surface area contributed by atoms with Gasteiger partial charge < -0.3 is 10.1 Å². The lowest BCUT2D eigenvalue weighted by Gasteiger charge is -2.38. The van der Waals surface area contributed by atoms with Gasteiger partial charge >= 0.3 is 0 Å². The summed E-state index contributed by atoms with van der Waals surface area (Å²) >= 11 is 1.99. The zero-order valence-corrected chi connectivity index (χ0v) is 11.6. The van der Waals surface area contributed by atoms with Crippen molar-refractivity contribution in [3.05, 3.63) is 23.9 Å². The molecule has 2 aliphatic rings. The van der Waals surface area contributed by atoms with Gasteiger partial charge in [0.05, 0.1) is 11.2 Å². The highest BCUT2D eigenvalue weighted by molar-refractivity contribution is 7.99. The van der Waals surface area contributed by atoms with E-state index in [0.717, 1.165) is 37.4 Å². The fourth-order valence-corrected chi connectivity index (χ4v) is 4.15. The minimum absolute atomic E-state index is 0.0905. The van der Waals surface area contributed by atoms with Crippen molar-refractivity contribution in [2.45, 2.75) is 30.9 Å². The normalized spacial score (nSPS) is 30.2. The van der Waals surface area contributed by atoms with Crippen molar-refractivity contribution < 1.29 is 4.74 Å². The van der Waals surface area contributed by atoms with Gasteiger partial charge in [0.1, 0.15) is 11.9 Å². The Morgan fingerprint density at radius 1 is 1.53 bits per heavy atom. The van der Waals surface area contributed by atoms with Crippen LogP contribution in [0.25, 0.3) is 0 Å². The van der Waals surface area contributed by atoms with Crippen LogP contribution < -0.4 is 5.32 Å². The molecule has 2 aliphatic heterocycles. The molecule has 0 aromatic carbocycles. The van der Waals surface area contributed by atoms with E-state index in [1.54, 1.807) is 12.3 Å². The fourth-order valence-electron chi connectivity index (χ4n) is 2.77. The maximum absolute atomic E-state index is 8.76. The van der Waals surface area contributed by atoms with Gasteiger partial charge in [-0.25, -0.2) is 4.98 Å². The lowest BCUT2D eigenvalue weighted by Crippen LogP contribution is -2.44. The summed E-state index contributed by atoms with van der Waals surface area (Å²) in [5.41, 5.74) is 0.689. The summed E-state index contributed by atoms with van der Waals surface area (Å²) in [5, 5.41) is 12.2. The zero-order chi connectivity index (χ0) is 13.1. The van der Waals surface area contributed by atoms with Crippen LogP contribution in [0, 0.1) is 11.3 Å². The second kappa shape index (κ2) is 5.40.